The first kappa shape index (κ1) is 34.9. The molecular weight excluding hydrogens is 556 g/mol. The third-order valence-electron chi connectivity index (χ3n) is 8.05. The van der Waals surface area contributed by atoms with Crippen LogP contribution in [0.5, 0.6) is 17.2 Å². The lowest BCUT2D eigenvalue weighted by atomic mass is 9.96. The van der Waals surface area contributed by atoms with E-state index in [1.807, 2.05) is 24.3 Å². The van der Waals surface area contributed by atoms with Gasteiger partial charge in [0.25, 0.3) is 0 Å². The van der Waals surface area contributed by atoms with Crippen molar-refractivity contribution in [1.29, 1.82) is 0 Å². The number of amides is 2. The first-order chi connectivity index (χ1) is 21.2. The minimum atomic E-state index is 0.104. The summed E-state index contributed by atoms with van der Waals surface area (Å²) >= 11 is 0. The van der Waals surface area contributed by atoms with E-state index in [1.54, 1.807) is 38.0 Å². The Morgan fingerprint density at radius 2 is 1.41 bits per heavy atom. The van der Waals surface area contributed by atoms with Crippen LogP contribution in [0, 0.1) is 0 Å². The average Bonchev–Trinajstić information content (AvgIpc) is 3.00. The van der Waals surface area contributed by atoms with Crippen molar-refractivity contribution in [2.75, 3.05) is 48.0 Å². The Labute approximate surface area is 264 Å². The van der Waals surface area contributed by atoms with E-state index >= 15 is 0 Å². The molecule has 2 aromatic carbocycles. The van der Waals surface area contributed by atoms with Crippen molar-refractivity contribution in [3.8, 4) is 17.2 Å². The first-order valence-corrected chi connectivity index (χ1v) is 16.3. The normalized spacial score (nSPS) is 12.3. The monoisotopic (exact) mass is 608 g/mol. The van der Waals surface area contributed by atoms with E-state index in [1.165, 1.54) is 5.56 Å². The molecule has 0 unspecified atom stereocenters. The van der Waals surface area contributed by atoms with Crippen LogP contribution < -0.4 is 14.2 Å². The second kappa shape index (κ2) is 18.3. The van der Waals surface area contributed by atoms with E-state index in [0.717, 1.165) is 80.4 Å². The summed E-state index contributed by atoms with van der Waals surface area (Å²) in [7, 11) is 7.13. The number of benzene rings is 2. The SMILES string of the molecule is CCCc1c(OCCCCCCc2cccc(OCCCCC(=O)N(C)C)c2CCC(=O)N(C)C)ccc2c1OCCC2=O. The van der Waals surface area contributed by atoms with Gasteiger partial charge < -0.3 is 24.0 Å². The molecule has 2 amide bonds. The van der Waals surface area contributed by atoms with E-state index in [-0.39, 0.29) is 17.6 Å². The fourth-order valence-electron chi connectivity index (χ4n) is 5.45. The number of ketones is 1. The molecule has 1 heterocycles. The molecule has 242 valence electrons. The number of carbonyl (C=O) groups is 3. The van der Waals surface area contributed by atoms with Gasteiger partial charge in [-0.05, 0) is 74.3 Å². The molecule has 0 atom stereocenters. The number of hydrogen-bond acceptors (Lipinski definition) is 6. The zero-order valence-electron chi connectivity index (χ0n) is 27.5. The van der Waals surface area contributed by atoms with Crippen LogP contribution in [0.25, 0.3) is 0 Å². The molecule has 2 aromatic rings. The third-order valence-corrected chi connectivity index (χ3v) is 8.05. The summed E-state index contributed by atoms with van der Waals surface area (Å²) < 4.78 is 18.3. The number of hydrogen-bond donors (Lipinski definition) is 0. The van der Waals surface area contributed by atoms with Gasteiger partial charge >= 0.3 is 0 Å². The molecule has 0 saturated carbocycles. The maximum Gasteiger partial charge on any atom is 0.222 e. The molecule has 0 aromatic heterocycles. The molecular formula is C36H52N2O6. The molecule has 3 rings (SSSR count). The molecule has 0 radical (unpaired) electrons. The standard InChI is InChI=1S/C36H52N2O6/c1-6-14-30-33(21-19-29-31(39)23-26-44-36(29)30)43-24-11-8-7-9-15-27-16-13-17-32(28(27)20-22-35(41)38(4)5)42-25-12-10-18-34(40)37(2)3/h13,16-17,19,21H,6-12,14-15,18,20,22-26H2,1-5H3. The molecule has 8 nitrogen and oxygen atoms in total. The van der Waals surface area contributed by atoms with Crippen molar-refractivity contribution in [3.05, 3.63) is 52.6 Å². The van der Waals surface area contributed by atoms with Crippen molar-refractivity contribution < 1.29 is 28.6 Å². The maximum atomic E-state index is 12.4. The van der Waals surface area contributed by atoms with Crippen molar-refractivity contribution in [1.82, 2.24) is 9.80 Å². The van der Waals surface area contributed by atoms with Crippen molar-refractivity contribution in [3.63, 3.8) is 0 Å². The number of rotatable bonds is 19. The maximum absolute atomic E-state index is 12.4. The molecule has 0 bridgehead atoms. The minimum Gasteiger partial charge on any atom is -0.493 e. The van der Waals surface area contributed by atoms with Gasteiger partial charge in [0.1, 0.15) is 17.2 Å². The lowest BCUT2D eigenvalue weighted by Crippen LogP contribution is -2.22. The Kier molecular flexibility index (Phi) is 14.5. The molecule has 44 heavy (non-hydrogen) atoms. The zero-order chi connectivity index (χ0) is 31.9. The van der Waals surface area contributed by atoms with E-state index in [0.29, 0.717) is 56.8 Å². The average molecular weight is 609 g/mol. The predicted octanol–water partition coefficient (Wildman–Crippen LogP) is 6.44. The van der Waals surface area contributed by atoms with Gasteiger partial charge in [-0.15, -0.1) is 0 Å². The number of Topliss-reactive ketones (excluding diaryl/α,β-unsaturated/α-hetero) is 1. The van der Waals surface area contributed by atoms with Crippen LogP contribution in [0.2, 0.25) is 0 Å². The summed E-state index contributed by atoms with van der Waals surface area (Å²) in [5, 5.41) is 0. The summed E-state index contributed by atoms with van der Waals surface area (Å²) in [4.78, 5) is 39.8. The number of ether oxygens (including phenoxy) is 3. The lowest BCUT2D eigenvalue weighted by Gasteiger charge is -2.22. The number of nitrogens with zero attached hydrogens (tertiary/aromatic N) is 2. The van der Waals surface area contributed by atoms with Crippen LogP contribution in [-0.2, 0) is 28.9 Å². The Balaban J connectivity index is 1.50. The van der Waals surface area contributed by atoms with E-state index < -0.39 is 0 Å². The van der Waals surface area contributed by atoms with Crippen LogP contribution in [-0.4, -0.2) is 75.4 Å². The molecule has 8 heteroatoms. The van der Waals surface area contributed by atoms with Crippen LogP contribution in [0.1, 0.15) is 98.2 Å². The van der Waals surface area contributed by atoms with Gasteiger partial charge in [-0.25, -0.2) is 0 Å². The van der Waals surface area contributed by atoms with E-state index in [4.69, 9.17) is 14.2 Å². The zero-order valence-corrected chi connectivity index (χ0v) is 27.5. The van der Waals surface area contributed by atoms with Gasteiger partial charge in [-0.3, -0.25) is 14.4 Å². The van der Waals surface area contributed by atoms with Gasteiger partial charge in [0.05, 0.1) is 25.4 Å². The van der Waals surface area contributed by atoms with Crippen LogP contribution in [0.3, 0.4) is 0 Å². The van der Waals surface area contributed by atoms with Crippen LogP contribution >= 0.6 is 0 Å². The Morgan fingerprint density at radius 1 is 0.750 bits per heavy atom. The van der Waals surface area contributed by atoms with Gasteiger partial charge in [-0.2, -0.15) is 0 Å². The van der Waals surface area contributed by atoms with Crippen LogP contribution in [0.15, 0.2) is 30.3 Å². The quantitative estimate of drug-likeness (QED) is 0.171. The van der Waals surface area contributed by atoms with E-state index in [2.05, 4.69) is 13.0 Å². The number of carbonyl (C=O) groups excluding carboxylic acids is 3. The highest BCUT2D eigenvalue weighted by Crippen LogP contribution is 2.36. The fourth-order valence-corrected chi connectivity index (χ4v) is 5.45. The van der Waals surface area contributed by atoms with Crippen molar-refractivity contribution in [2.45, 2.75) is 90.4 Å². The van der Waals surface area contributed by atoms with Gasteiger partial charge in [-0.1, -0.05) is 38.3 Å². The smallest absolute Gasteiger partial charge is 0.222 e. The molecule has 0 fully saturated rings. The molecule has 0 spiro atoms. The first-order valence-electron chi connectivity index (χ1n) is 16.3. The highest BCUT2D eigenvalue weighted by atomic mass is 16.5. The molecule has 1 aliphatic heterocycles. The van der Waals surface area contributed by atoms with Gasteiger partial charge in [0.15, 0.2) is 5.78 Å². The number of aryl methyl sites for hydroxylation is 1. The van der Waals surface area contributed by atoms with Crippen LogP contribution in [0.4, 0.5) is 0 Å². The van der Waals surface area contributed by atoms with Crippen molar-refractivity contribution in [2.24, 2.45) is 0 Å². The second-order valence-electron chi connectivity index (χ2n) is 12.0. The Morgan fingerprint density at radius 3 is 2.11 bits per heavy atom. The molecule has 0 N–H and O–H groups in total. The molecule has 0 aliphatic carbocycles. The highest BCUT2D eigenvalue weighted by molar-refractivity contribution is 6.00. The minimum absolute atomic E-state index is 0.104. The summed E-state index contributed by atoms with van der Waals surface area (Å²) in [6, 6.07) is 9.96. The topological polar surface area (TPSA) is 85.4 Å². The van der Waals surface area contributed by atoms with E-state index in [9.17, 15) is 14.4 Å². The molecule has 0 saturated heterocycles. The predicted molar refractivity (Wildman–Crippen MR) is 174 cm³/mol. The van der Waals surface area contributed by atoms with Gasteiger partial charge in [0, 0.05) is 53.0 Å². The van der Waals surface area contributed by atoms with Crippen molar-refractivity contribution >= 4 is 17.6 Å². The second-order valence-corrected chi connectivity index (χ2v) is 12.0. The fraction of sp³-hybridized carbons (Fsp3) is 0.583. The summed E-state index contributed by atoms with van der Waals surface area (Å²) in [5.41, 5.74) is 4.05. The summed E-state index contributed by atoms with van der Waals surface area (Å²) in [6.45, 7) is 3.74. The number of unbranched alkanes of at least 4 members (excludes halogenated alkanes) is 4. The summed E-state index contributed by atoms with van der Waals surface area (Å²) in [5.74, 6) is 2.78. The highest BCUT2D eigenvalue weighted by Gasteiger charge is 2.23. The third kappa shape index (κ3) is 10.6. The summed E-state index contributed by atoms with van der Waals surface area (Å²) in [6.07, 6.45) is 10.5. The largest absolute Gasteiger partial charge is 0.493 e. The Hall–Kier alpha value is -3.55. The Bertz CT molecular complexity index is 1240. The lowest BCUT2D eigenvalue weighted by molar-refractivity contribution is -0.129. The molecule has 1 aliphatic rings. The van der Waals surface area contributed by atoms with Gasteiger partial charge in [0.2, 0.25) is 11.8 Å². The number of fused-ring (bicyclic) bond motifs is 1.